The molecule has 0 unspecified atom stereocenters. The lowest BCUT2D eigenvalue weighted by Gasteiger charge is -2.09. The van der Waals surface area contributed by atoms with Crippen LogP contribution in [-0.4, -0.2) is 22.5 Å². The molecule has 0 saturated carbocycles. The third-order valence-corrected chi connectivity index (χ3v) is 4.50. The maximum Gasteiger partial charge on any atom is 0.255 e. The van der Waals surface area contributed by atoms with Gasteiger partial charge in [0.05, 0.1) is 6.61 Å². The summed E-state index contributed by atoms with van der Waals surface area (Å²) in [6.45, 7) is 2.61. The van der Waals surface area contributed by atoms with E-state index < -0.39 is 0 Å². The summed E-state index contributed by atoms with van der Waals surface area (Å²) in [5, 5.41) is 2.90. The lowest BCUT2D eigenvalue weighted by molar-refractivity contribution is 0.102. The summed E-state index contributed by atoms with van der Waals surface area (Å²) in [4.78, 5) is 31.6. The molecule has 0 spiro atoms. The fourth-order valence-corrected chi connectivity index (χ4v) is 3.10. The standard InChI is InChI=1S/C21H19N3O3/c1-2-16-12-19(25)24-20(22-16)14-4-3-5-17(11-14)23-21(26)15-6-7-18-13(10-15)8-9-27-18/h3-7,10-12H,2,8-9H2,1H3,(H,23,26)(H,22,24,25). The number of aromatic amines is 1. The Balaban J connectivity index is 1.59. The SMILES string of the molecule is CCc1cc(=O)[nH]c(-c2cccc(NC(=O)c3ccc4c(c3)CCO4)c2)n1. The van der Waals surface area contributed by atoms with E-state index in [1.165, 1.54) is 6.07 Å². The average molecular weight is 361 g/mol. The van der Waals surface area contributed by atoms with E-state index in [0.717, 1.165) is 29.0 Å². The van der Waals surface area contributed by atoms with E-state index in [-0.39, 0.29) is 11.5 Å². The maximum atomic E-state index is 12.6. The molecule has 0 saturated heterocycles. The van der Waals surface area contributed by atoms with E-state index in [4.69, 9.17) is 4.74 Å². The topological polar surface area (TPSA) is 84.1 Å². The fourth-order valence-electron chi connectivity index (χ4n) is 3.10. The molecule has 0 atom stereocenters. The Morgan fingerprint density at radius 3 is 2.96 bits per heavy atom. The van der Waals surface area contributed by atoms with Crippen LogP contribution in [0.3, 0.4) is 0 Å². The molecule has 0 bridgehead atoms. The van der Waals surface area contributed by atoms with E-state index in [1.807, 2.05) is 31.2 Å². The van der Waals surface area contributed by atoms with Gasteiger partial charge in [-0.15, -0.1) is 0 Å². The molecule has 136 valence electrons. The molecule has 6 heteroatoms. The number of benzene rings is 2. The van der Waals surface area contributed by atoms with Gasteiger partial charge in [-0.3, -0.25) is 9.59 Å². The number of nitrogens with one attached hydrogen (secondary N) is 2. The zero-order chi connectivity index (χ0) is 18.8. The third kappa shape index (κ3) is 3.60. The summed E-state index contributed by atoms with van der Waals surface area (Å²) < 4.78 is 5.48. The summed E-state index contributed by atoms with van der Waals surface area (Å²) in [5.74, 6) is 1.15. The lowest BCUT2D eigenvalue weighted by Crippen LogP contribution is -2.12. The predicted molar refractivity (Wildman–Crippen MR) is 103 cm³/mol. The van der Waals surface area contributed by atoms with Gasteiger partial charge in [0.1, 0.15) is 11.6 Å². The van der Waals surface area contributed by atoms with Crippen LogP contribution in [0.4, 0.5) is 5.69 Å². The van der Waals surface area contributed by atoms with Gasteiger partial charge >= 0.3 is 0 Å². The van der Waals surface area contributed by atoms with Crippen LogP contribution >= 0.6 is 0 Å². The second kappa shape index (κ2) is 7.07. The Bertz CT molecular complexity index is 1070. The molecule has 0 aliphatic carbocycles. The minimum atomic E-state index is -0.189. The second-order valence-electron chi connectivity index (χ2n) is 6.39. The number of hydrogen-bond donors (Lipinski definition) is 2. The molecule has 1 aromatic heterocycles. The highest BCUT2D eigenvalue weighted by Gasteiger charge is 2.15. The highest BCUT2D eigenvalue weighted by molar-refractivity contribution is 6.04. The minimum Gasteiger partial charge on any atom is -0.493 e. The summed E-state index contributed by atoms with van der Waals surface area (Å²) >= 11 is 0. The highest BCUT2D eigenvalue weighted by Crippen LogP contribution is 2.26. The molecule has 1 aliphatic rings. The lowest BCUT2D eigenvalue weighted by atomic mass is 10.1. The van der Waals surface area contributed by atoms with Crippen molar-refractivity contribution >= 4 is 11.6 Å². The minimum absolute atomic E-state index is 0.188. The van der Waals surface area contributed by atoms with Crippen LogP contribution in [-0.2, 0) is 12.8 Å². The Labute approximate surface area is 156 Å². The molecule has 4 rings (SSSR count). The fraction of sp³-hybridized carbons (Fsp3) is 0.190. The summed E-state index contributed by atoms with van der Waals surface area (Å²) in [5.41, 5.74) is 3.55. The van der Waals surface area contributed by atoms with E-state index in [9.17, 15) is 9.59 Å². The van der Waals surface area contributed by atoms with Gasteiger partial charge in [0.2, 0.25) is 0 Å². The predicted octanol–water partition coefficient (Wildman–Crippen LogP) is 3.19. The van der Waals surface area contributed by atoms with Crippen LogP contribution in [0.1, 0.15) is 28.5 Å². The number of amides is 1. The Morgan fingerprint density at radius 2 is 2.11 bits per heavy atom. The molecular weight excluding hydrogens is 342 g/mol. The smallest absolute Gasteiger partial charge is 0.255 e. The molecule has 2 heterocycles. The first-order valence-electron chi connectivity index (χ1n) is 8.90. The number of carbonyl (C=O) groups is 1. The van der Waals surface area contributed by atoms with Crippen LogP contribution < -0.4 is 15.6 Å². The second-order valence-corrected chi connectivity index (χ2v) is 6.39. The number of rotatable bonds is 4. The van der Waals surface area contributed by atoms with E-state index in [2.05, 4.69) is 15.3 Å². The first-order valence-corrected chi connectivity index (χ1v) is 8.90. The summed E-state index contributed by atoms with van der Waals surface area (Å²) in [6, 6.07) is 14.2. The van der Waals surface area contributed by atoms with E-state index in [0.29, 0.717) is 30.1 Å². The number of nitrogens with zero attached hydrogens (tertiary/aromatic N) is 1. The molecule has 1 amide bonds. The van der Waals surface area contributed by atoms with Gasteiger partial charge in [0.25, 0.3) is 11.5 Å². The number of carbonyl (C=O) groups excluding carboxylic acids is 1. The molecule has 6 nitrogen and oxygen atoms in total. The number of aryl methyl sites for hydroxylation is 1. The highest BCUT2D eigenvalue weighted by atomic mass is 16.5. The first kappa shape index (κ1) is 17.0. The van der Waals surface area contributed by atoms with Gasteiger partial charge in [-0.2, -0.15) is 0 Å². The number of ether oxygens (including phenoxy) is 1. The van der Waals surface area contributed by atoms with Gasteiger partial charge in [0.15, 0.2) is 0 Å². The Morgan fingerprint density at radius 1 is 1.22 bits per heavy atom. The monoisotopic (exact) mass is 361 g/mol. The van der Waals surface area contributed by atoms with Crippen LogP contribution in [0.25, 0.3) is 11.4 Å². The average Bonchev–Trinajstić information content (AvgIpc) is 3.15. The zero-order valence-corrected chi connectivity index (χ0v) is 14.9. The number of fused-ring (bicyclic) bond motifs is 1. The van der Waals surface area contributed by atoms with Crippen molar-refractivity contribution in [1.82, 2.24) is 9.97 Å². The van der Waals surface area contributed by atoms with Crippen molar-refractivity contribution in [3.8, 4) is 17.1 Å². The van der Waals surface area contributed by atoms with Gasteiger partial charge in [-0.25, -0.2) is 4.98 Å². The normalized spacial score (nSPS) is 12.3. The number of aromatic nitrogens is 2. The molecule has 0 fully saturated rings. The molecule has 1 aliphatic heterocycles. The molecule has 0 radical (unpaired) electrons. The Kier molecular flexibility index (Phi) is 4.46. The van der Waals surface area contributed by atoms with Gasteiger partial charge in [-0.1, -0.05) is 19.1 Å². The molecular formula is C21H19N3O3. The number of anilines is 1. The van der Waals surface area contributed by atoms with Crippen molar-refractivity contribution in [2.24, 2.45) is 0 Å². The van der Waals surface area contributed by atoms with Crippen LogP contribution in [0, 0.1) is 0 Å². The number of hydrogen-bond acceptors (Lipinski definition) is 4. The largest absolute Gasteiger partial charge is 0.493 e. The quantitative estimate of drug-likeness (QED) is 0.747. The summed E-state index contributed by atoms with van der Waals surface area (Å²) in [7, 11) is 0. The van der Waals surface area contributed by atoms with Crippen LogP contribution in [0.15, 0.2) is 53.3 Å². The first-order chi connectivity index (χ1) is 13.1. The molecule has 3 aromatic rings. The van der Waals surface area contributed by atoms with Crippen molar-refractivity contribution in [1.29, 1.82) is 0 Å². The van der Waals surface area contributed by atoms with Crippen molar-refractivity contribution in [2.75, 3.05) is 11.9 Å². The van der Waals surface area contributed by atoms with Gasteiger partial charge < -0.3 is 15.0 Å². The van der Waals surface area contributed by atoms with Crippen LogP contribution in [0.2, 0.25) is 0 Å². The molecule has 27 heavy (non-hydrogen) atoms. The van der Waals surface area contributed by atoms with E-state index >= 15 is 0 Å². The number of H-pyrrole nitrogens is 1. The van der Waals surface area contributed by atoms with Crippen molar-refractivity contribution in [3.05, 3.63) is 75.7 Å². The van der Waals surface area contributed by atoms with Crippen molar-refractivity contribution < 1.29 is 9.53 Å². The van der Waals surface area contributed by atoms with E-state index in [1.54, 1.807) is 18.2 Å². The van der Waals surface area contributed by atoms with Gasteiger partial charge in [-0.05, 0) is 42.3 Å². The van der Waals surface area contributed by atoms with Crippen molar-refractivity contribution in [2.45, 2.75) is 19.8 Å². The molecule has 2 N–H and O–H groups in total. The van der Waals surface area contributed by atoms with Crippen molar-refractivity contribution in [3.63, 3.8) is 0 Å². The Hall–Kier alpha value is -3.41. The van der Waals surface area contributed by atoms with Crippen LogP contribution in [0.5, 0.6) is 5.75 Å². The molecule has 2 aromatic carbocycles. The third-order valence-electron chi connectivity index (χ3n) is 4.50. The zero-order valence-electron chi connectivity index (χ0n) is 14.9. The summed E-state index contributed by atoms with van der Waals surface area (Å²) in [6.07, 6.45) is 1.49. The van der Waals surface area contributed by atoms with Gasteiger partial charge in [0, 0.05) is 35.0 Å². The maximum absolute atomic E-state index is 12.6.